The molecule has 3 heteroatoms. The molecule has 0 amide bonds. The molecule has 1 aliphatic heterocycles. The van der Waals surface area contributed by atoms with E-state index >= 15 is 0 Å². The molecule has 4 aromatic rings. The number of para-hydroxylation sites is 1. The molecule has 0 fully saturated rings. The molecule has 5 rings (SSSR count). The molecule has 0 spiro atoms. The number of furan rings is 1. The largest absolute Gasteiger partial charge is 0.448 e. The summed E-state index contributed by atoms with van der Waals surface area (Å²) in [4.78, 5) is 6.28. The Labute approximate surface area is 146 Å². The first-order valence-electron chi connectivity index (χ1n) is 8.26. The number of rotatable bonds is 1. The van der Waals surface area contributed by atoms with Gasteiger partial charge in [0.2, 0.25) is 0 Å². The van der Waals surface area contributed by atoms with Crippen molar-refractivity contribution in [1.82, 2.24) is 4.98 Å². The Hall–Kier alpha value is -3.33. The highest BCUT2D eigenvalue weighted by atomic mass is 16.3. The van der Waals surface area contributed by atoms with Crippen molar-refractivity contribution in [3.8, 4) is 0 Å². The molecule has 2 aromatic carbocycles. The number of hydrogen-bond acceptors (Lipinski definition) is 3. The molecule has 0 aliphatic carbocycles. The molecule has 0 atom stereocenters. The standard InChI is InChI=1S/C13H11NO.C9H7N/c1-2-5-12-10-14(8-7-11(12)4-1)13-6-3-9-15-13;1-2-6-9-8(4-1)5-3-7-10-9/h1-9H,10H2;1-7H. The van der Waals surface area contributed by atoms with Gasteiger partial charge in [0.1, 0.15) is 0 Å². The minimum atomic E-state index is 0.875. The van der Waals surface area contributed by atoms with E-state index in [2.05, 4.69) is 58.6 Å². The van der Waals surface area contributed by atoms with Crippen LogP contribution >= 0.6 is 0 Å². The van der Waals surface area contributed by atoms with Crippen molar-refractivity contribution >= 4 is 22.9 Å². The summed E-state index contributed by atoms with van der Waals surface area (Å²) < 4.78 is 5.36. The molecule has 0 bridgehead atoms. The number of anilines is 1. The number of hydrogen-bond donors (Lipinski definition) is 0. The van der Waals surface area contributed by atoms with Gasteiger partial charge in [-0.3, -0.25) is 4.98 Å². The molecular formula is C22H18N2O. The summed E-state index contributed by atoms with van der Waals surface area (Å²) in [7, 11) is 0. The number of aromatic nitrogens is 1. The smallest absolute Gasteiger partial charge is 0.199 e. The predicted octanol–water partition coefficient (Wildman–Crippen LogP) is 5.51. The summed E-state index contributed by atoms with van der Waals surface area (Å²) in [6.07, 6.45) is 7.68. The Morgan fingerprint density at radius 3 is 2.56 bits per heavy atom. The maximum atomic E-state index is 5.36. The summed E-state index contributed by atoms with van der Waals surface area (Å²) in [5.41, 5.74) is 3.68. The Kier molecular flexibility index (Phi) is 4.29. The van der Waals surface area contributed by atoms with Crippen LogP contribution in [0.1, 0.15) is 11.1 Å². The van der Waals surface area contributed by atoms with Crippen LogP contribution in [0, 0.1) is 0 Å². The predicted molar refractivity (Wildman–Crippen MR) is 102 cm³/mol. The number of nitrogens with zero attached hydrogens (tertiary/aromatic N) is 2. The van der Waals surface area contributed by atoms with E-state index in [1.54, 1.807) is 6.26 Å². The zero-order chi connectivity index (χ0) is 16.9. The zero-order valence-corrected chi connectivity index (χ0v) is 13.7. The number of fused-ring (bicyclic) bond motifs is 2. The normalized spacial score (nSPS) is 12.4. The molecule has 1 aliphatic rings. The number of benzene rings is 2. The Morgan fingerprint density at radius 2 is 1.68 bits per heavy atom. The molecule has 0 radical (unpaired) electrons. The molecule has 2 aromatic heterocycles. The quantitative estimate of drug-likeness (QED) is 0.462. The highest BCUT2D eigenvalue weighted by molar-refractivity contribution is 5.77. The third-order valence-electron chi connectivity index (χ3n) is 4.13. The van der Waals surface area contributed by atoms with Gasteiger partial charge >= 0.3 is 0 Å². The molecular weight excluding hydrogens is 308 g/mol. The summed E-state index contributed by atoms with van der Waals surface area (Å²) >= 11 is 0. The van der Waals surface area contributed by atoms with Gasteiger partial charge in [-0.15, -0.1) is 0 Å². The van der Waals surface area contributed by atoms with Gasteiger partial charge in [-0.25, -0.2) is 0 Å². The minimum Gasteiger partial charge on any atom is -0.448 e. The third-order valence-corrected chi connectivity index (χ3v) is 4.13. The first kappa shape index (κ1) is 15.2. The van der Waals surface area contributed by atoms with Crippen molar-refractivity contribution < 1.29 is 4.42 Å². The van der Waals surface area contributed by atoms with Crippen molar-refractivity contribution in [2.45, 2.75) is 6.54 Å². The topological polar surface area (TPSA) is 29.3 Å². The molecule has 122 valence electrons. The van der Waals surface area contributed by atoms with Gasteiger partial charge < -0.3 is 9.32 Å². The Balaban J connectivity index is 0.000000136. The summed E-state index contributed by atoms with van der Waals surface area (Å²) in [5, 5.41) is 1.20. The van der Waals surface area contributed by atoms with Crippen LogP contribution < -0.4 is 4.90 Å². The van der Waals surface area contributed by atoms with Gasteiger partial charge in [-0.05, 0) is 35.4 Å². The van der Waals surface area contributed by atoms with Gasteiger partial charge in [0.25, 0.3) is 0 Å². The van der Waals surface area contributed by atoms with Crippen LogP contribution in [0.4, 0.5) is 5.88 Å². The first-order chi connectivity index (χ1) is 12.4. The van der Waals surface area contributed by atoms with Crippen LogP contribution in [0.5, 0.6) is 0 Å². The lowest BCUT2D eigenvalue weighted by Gasteiger charge is -2.22. The second-order valence-electron chi connectivity index (χ2n) is 5.79. The zero-order valence-electron chi connectivity index (χ0n) is 13.7. The summed E-state index contributed by atoms with van der Waals surface area (Å²) in [6.45, 7) is 0.875. The van der Waals surface area contributed by atoms with E-state index < -0.39 is 0 Å². The average molecular weight is 326 g/mol. The van der Waals surface area contributed by atoms with Gasteiger partial charge in [-0.2, -0.15) is 0 Å². The van der Waals surface area contributed by atoms with E-state index in [1.807, 2.05) is 42.6 Å². The Bertz CT molecular complexity index is 924. The number of pyridine rings is 1. The second-order valence-corrected chi connectivity index (χ2v) is 5.79. The van der Waals surface area contributed by atoms with Crippen LogP contribution in [0.3, 0.4) is 0 Å². The lowest BCUT2D eigenvalue weighted by atomic mass is 10.0. The van der Waals surface area contributed by atoms with Crippen molar-refractivity contribution in [1.29, 1.82) is 0 Å². The van der Waals surface area contributed by atoms with Crippen LogP contribution in [-0.4, -0.2) is 4.98 Å². The van der Waals surface area contributed by atoms with Crippen molar-refractivity contribution in [3.63, 3.8) is 0 Å². The molecule has 3 nitrogen and oxygen atoms in total. The van der Waals surface area contributed by atoms with Crippen molar-refractivity contribution in [2.24, 2.45) is 0 Å². The van der Waals surface area contributed by atoms with Gasteiger partial charge in [0, 0.05) is 23.8 Å². The van der Waals surface area contributed by atoms with E-state index in [4.69, 9.17) is 4.42 Å². The van der Waals surface area contributed by atoms with Gasteiger partial charge in [-0.1, -0.05) is 48.5 Å². The molecule has 25 heavy (non-hydrogen) atoms. The van der Waals surface area contributed by atoms with Crippen LogP contribution in [0.15, 0.2) is 95.9 Å². The summed E-state index contributed by atoms with van der Waals surface area (Å²) in [5.74, 6) is 0.890. The maximum absolute atomic E-state index is 5.36. The SMILES string of the molecule is C1=CN(c2ccco2)Cc2ccccc21.c1ccc2ncccc2c1. The Morgan fingerprint density at radius 1 is 0.840 bits per heavy atom. The molecule has 0 saturated heterocycles. The van der Waals surface area contributed by atoms with Crippen LogP contribution in [0.25, 0.3) is 17.0 Å². The van der Waals surface area contributed by atoms with E-state index in [0.717, 1.165) is 17.9 Å². The van der Waals surface area contributed by atoms with Crippen LogP contribution in [0.2, 0.25) is 0 Å². The van der Waals surface area contributed by atoms with Crippen molar-refractivity contribution in [3.05, 3.63) is 103 Å². The average Bonchev–Trinajstić information content (AvgIpc) is 3.23. The van der Waals surface area contributed by atoms with Crippen LogP contribution in [-0.2, 0) is 6.54 Å². The highest BCUT2D eigenvalue weighted by Crippen LogP contribution is 2.24. The molecule has 3 heterocycles. The van der Waals surface area contributed by atoms with Crippen molar-refractivity contribution in [2.75, 3.05) is 4.90 Å². The maximum Gasteiger partial charge on any atom is 0.199 e. The first-order valence-corrected chi connectivity index (χ1v) is 8.26. The second kappa shape index (κ2) is 7.05. The van der Waals surface area contributed by atoms with E-state index in [-0.39, 0.29) is 0 Å². The monoisotopic (exact) mass is 326 g/mol. The molecule has 0 unspecified atom stereocenters. The fourth-order valence-corrected chi connectivity index (χ4v) is 2.85. The molecule has 0 saturated carbocycles. The highest BCUT2D eigenvalue weighted by Gasteiger charge is 2.12. The third kappa shape index (κ3) is 3.45. The fraction of sp³-hybridized carbons (Fsp3) is 0.0455. The lowest BCUT2D eigenvalue weighted by molar-refractivity contribution is 0.559. The van der Waals surface area contributed by atoms with E-state index in [1.165, 1.54) is 16.5 Å². The van der Waals surface area contributed by atoms with Gasteiger partial charge in [0.05, 0.1) is 18.3 Å². The molecule has 0 N–H and O–H groups in total. The summed E-state index contributed by atoms with van der Waals surface area (Å²) in [6, 6.07) is 24.4. The van der Waals surface area contributed by atoms with E-state index in [0.29, 0.717) is 0 Å². The minimum absolute atomic E-state index is 0.875. The fourth-order valence-electron chi connectivity index (χ4n) is 2.85. The van der Waals surface area contributed by atoms with E-state index in [9.17, 15) is 0 Å². The van der Waals surface area contributed by atoms with Gasteiger partial charge in [0.15, 0.2) is 5.88 Å². The lowest BCUT2D eigenvalue weighted by Crippen LogP contribution is -2.18.